The van der Waals surface area contributed by atoms with Crippen molar-refractivity contribution in [2.45, 2.75) is 25.0 Å². The molecule has 104 valence electrons. The van der Waals surface area contributed by atoms with E-state index in [1.807, 2.05) is 36.4 Å². The minimum atomic E-state index is -0.250. The predicted octanol–water partition coefficient (Wildman–Crippen LogP) is 3.98. The average Bonchev–Trinajstić information content (AvgIpc) is 3.13. The van der Waals surface area contributed by atoms with Gasteiger partial charge in [-0.25, -0.2) is 4.39 Å². The molecule has 0 amide bonds. The summed E-state index contributed by atoms with van der Waals surface area (Å²) >= 11 is 3.31. The molecule has 1 aliphatic rings. The molecule has 2 nitrogen and oxygen atoms in total. The zero-order chi connectivity index (χ0) is 14.1. The summed E-state index contributed by atoms with van der Waals surface area (Å²) in [5.41, 5.74) is 7.51. The molecule has 2 N–H and O–H groups in total. The van der Waals surface area contributed by atoms with Crippen molar-refractivity contribution in [3.05, 3.63) is 63.9 Å². The molecule has 2 atom stereocenters. The molecular formula is C16H15BrFNO. The van der Waals surface area contributed by atoms with Crippen LogP contribution in [-0.4, -0.2) is 6.04 Å². The largest absolute Gasteiger partial charge is 0.488 e. The minimum Gasteiger partial charge on any atom is -0.488 e. The summed E-state index contributed by atoms with van der Waals surface area (Å²) < 4.78 is 20.6. The fourth-order valence-electron chi connectivity index (χ4n) is 2.32. The molecule has 0 saturated heterocycles. The van der Waals surface area contributed by atoms with Gasteiger partial charge in [0.1, 0.15) is 18.2 Å². The molecule has 0 aromatic heterocycles. The zero-order valence-corrected chi connectivity index (χ0v) is 12.4. The van der Waals surface area contributed by atoms with Crippen LogP contribution < -0.4 is 10.5 Å². The first-order chi connectivity index (χ1) is 9.65. The SMILES string of the molecule is N[C@H]1C[C@@H]1c1c(F)cc(Br)cc1OCc1ccccc1. The molecule has 2 aromatic carbocycles. The molecule has 4 heteroatoms. The first kappa shape index (κ1) is 13.6. The Morgan fingerprint density at radius 3 is 2.60 bits per heavy atom. The van der Waals surface area contributed by atoms with Crippen LogP contribution in [0.1, 0.15) is 23.5 Å². The van der Waals surface area contributed by atoms with Crippen LogP contribution in [0.25, 0.3) is 0 Å². The van der Waals surface area contributed by atoms with Gasteiger partial charge < -0.3 is 10.5 Å². The highest BCUT2D eigenvalue weighted by atomic mass is 79.9. The van der Waals surface area contributed by atoms with Crippen molar-refractivity contribution in [2.75, 3.05) is 0 Å². The van der Waals surface area contributed by atoms with E-state index in [0.29, 0.717) is 22.4 Å². The highest BCUT2D eigenvalue weighted by Gasteiger charge is 2.39. The number of hydrogen-bond acceptors (Lipinski definition) is 2. The van der Waals surface area contributed by atoms with Crippen molar-refractivity contribution in [2.24, 2.45) is 5.73 Å². The third-order valence-electron chi connectivity index (χ3n) is 3.50. The summed E-state index contributed by atoms with van der Waals surface area (Å²) in [7, 11) is 0. The van der Waals surface area contributed by atoms with Crippen LogP contribution in [0.2, 0.25) is 0 Å². The van der Waals surface area contributed by atoms with Gasteiger partial charge in [-0.1, -0.05) is 46.3 Å². The third-order valence-corrected chi connectivity index (χ3v) is 3.96. The highest BCUT2D eigenvalue weighted by Crippen LogP contribution is 2.45. The Hall–Kier alpha value is -1.39. The van der Waals surface area contributed by atoms with Crippen LogP contribution in [0.4, 0.5) is 4.39 Å². The molecular weight excluding hydrogens is 321 g/mol. The lowest BCUT2D eigenvalue weighted by Crippen LogP contribution is -2.05. The van der Waals surface area contributed by atoms with E-state index in [1.165, 1.54) is 6.07 Å². The van der Waals surface area contributed by atoms with Gasteiger partial charge >= 0.3 is 0 Å². The third kappa shape index (κ3) is 2.86. The van der Waals surface area contributed by atoms with Gasteiger partial charge in [-0.2, -0.15) is 0 Å². The summed E-state index contributed by atoms with van der Waals surface area (Å²) in [5, 5.41) is 0. The topological polar surface area (TPSA) is 35.2 Å². The second-order valence-corrected chi connectivity index (χ2v) is 6.00. The lowest BCUT2D eigenvalue weighted by molar-refractivity contribution is 0.300. The number of hydrogen-bond donors (Lipinski definition) is 1. The quantitative estimate of drug-likeness (QED) is 0.917. The molecule has 0 radical (unpaired) electrons. The van der Waals surface area contributed by atoms with Crippen molar-refractivity contribution in [1.82, 2.24) is 0 Å². The van der Waals surface area contributed by atoms with E-state index in [2.05, 4.69) is 15.9 Å². The predicted molar refractivity (Wildman–Crippen MR) is 80.2 cm³/mol. The van der Waals surface area contributed by atoms with E-state index in [-0.39, 0.29) is 17.8 Å². The van der Waals surface area contributed by atoms with Crippen molar-refractivity contribution in [3.8, 4) is 5.75 Å². The van der Waals surface area contributed by atoms with Crippen LogP contribution in [-0.2, 0) is 6.61 Å². The Bertz CT molecular complexity index is 617. The Labute approximate surface area is 125 Å². The summed E-state index contributed by atoms with van der Waals surface area (Å²) in [5.74, 6) is 0.410. The maximum absolute atomic E-state index is 14.1. The molecule has 2 aromatic rings. The standard InChI is InChI=1S/C16H15BrFNO/c17-11-6-13(18)16(12-8-14(12)19)15(7-11)20-9-10-4-2-1-3-5-10/h1-7,12,14H,8-9,19H2/t12-,14-/m0/s1. The van der Waals surface area contributed by atoms with Crippen LogP contribution in [0.5, 0.6) is 5.75 Å². The van der Waals surface area contributed by atoms with Crippen LogP contribution in [0, 0.1) is 5.82 Å². The summed E-state index contributed by atoms with van der Waals surface area (Å²) in [4.78, 5) is 0. The smallest absolute Gasteiger partial charge is 0.131 e. The fourth-order valence-corrected chi connectivity index (χ4v) is 2.73. The molecule has 3 rings (SSSR count). The highest BCUT2D eigenvalue weighted by molar-refractivity contribution is 9.10. The number of nitrogens with two attached hydrogens (primary N) is 1. The van der Waals surface area contributed by atoms with Gasteiger partial charge in [-0.05, 0) is 24.1 Å². The van der Waals surface area contributed by atoms with Crippen molar-refractivity contribution >= 4 is 15.9 Å². The Morgan fingerprint density at radius 2 is 1.95 bits per heavy atom. The van der Waals surface area contributed by atoms with Crippen LogP contribution in [0.15, 0.2) is 46.9 Å². The summed E-state index contributed by atoms with van der Waals surface area (Å²) in [6, 6.07) is 13.2. The molecule has 20 heavy (non-hydrogen) atoms. The second-order valence-electron chi connectivity index (χ2n) is 5.08. The van der Waals surface area contributed by atoms with Gasteiger partial charge in [-0.3, -0.25) is 0 Å². The molecule has 0 aliphatic heterocycles. The van der Waals surface area contributed by atoms with E-state index < -0.39 is 0 Å². The van der Waals surface area contributed by atoms with Gasteiger partial charge in [-0.15, -0.1) is 0 Å². The average molecular weight is 336 g/mol. The van der Waals surface area contributed by atoms with Gasteiger partial charge in [0.25, 0.3) is 0 Å². The normalized spacial score (nSPS) is 20.8. The number of rotatable bonds is 4. The van der Waals surface area contributed by atoms with E-state index in [1.54, 1.807) is 0 Å². The van der Waals surface area contributed by atoms with E-state index >= 15 is 0 Å². The fraction of sp³-hybridized carbons (Fsp3) is 0.250. The first-order valence-corrected chi connectivity index (χ1v) is 7.35. The maximum atomic E-state index is 14.1. The van der Waals surface area contributed by atoms with Crippen molar-refractivity contribution in [3.63, 3.8) is 0 Å². The monoisotopic (exact) mass is 335 g/mol. The number of halogens is 2. The lowest BCUT2D eigenvalue weighted by atomic mass is 10.1. The number of benzene rings is 2. The molecule has 1 saturated carbocycles. The number of ether oxygens (including phenoxy) is 1. The van der Waals surface area contributed by atoms with E-state index in [9.17, 15) is 4.39 Å². The second kappa shape index (κ2) is 5.54. The zero-order valence-electron chi connectivity index (χ0n) is 10.9. The van der Waals surface area contributed by atoms with Crippen molar-refractivity contribution < 1.29 is 9.13 Å². The van der Waals surface area contributed by atoms with Crippen LogP contribution in [0.3, 0.4) is 0 Å². The lowest BCUT2D eigenvalue weighted by Gasteiger charge is -2.13. The molecule has 1 fully saturated rings. The van der Waals surface area contributed by atoms with Gasteiger partial charge in [0.05, 0.1) is 0 Å². The van der Waals surface area contributed by atoms with Gasteiger partial charge in [0.15, 0.2) is 0 Å². The van der Waals surface area contributed by atoms with E-state index in [4.69, 9.17) is 10.5 Å². The maximum Gasteiger partial charge on any atom is 0.131 e. The molecule has 0 spiro atoms. The Balaban J connectivity index is 1.84. The summed E-state index contributed by atoms with van der Waals surface area (Å²) in [6.07, 6.45) is 0.820. The van der Waals surface area contributed by atoms with Gasteiger partial charge in [0.2, 0.25) is 0 Å². The van der Waals surface area contributed by atoms with E-state index in [0.717, 1.165) is 12.0 Å². The molecule has 1 aliphatic carbocycles. The van der Waals surface area contributed by atoms with Crippen molar-refractivity contribution in [1.29, 1.82) is 0 Å². The Kier molecular flexibility index (Phi) is 3.76. The molecule has 0 unspecified atom stereocenters. The molecule has 0 bridgehead atoms. The van der Waals surface area contributed by atoms with Crippen LogP contribution >= 0.6 is 15.9 Å². The first-order valence-electron chi connectivity index (χ1n) is 6.56. The van der Waals surface area contributed by atoms with Gasteiger partial charge in [0, 0.05) is 22.0 Å². The Morgan fingerprint density at radius 1 is 1.25 bits per heavy atom. The summed E-state index contributed by atoms with van der Waals surface area (Å²) in [6.45, 7) is 0.422. The molecule has 0 heterocycles. The minimum absolute atomic E-state index is 0.0461.